The second-order valence-corrected chi connectivity index (χ2v) is 8.48. The minimum atomic E-state index is -0.489. The van der Waals surface area contributed by atoms with Crippen LogP contribution in [0, 0.1) is 0 Å². The van der Waals surface area contributed by atoms with E-state index in [1.807, 2.05) is 24.4 Å². The first kappa shape index (κ1) is 24.3. The van der Waals surface area contributed by atoms with Crippen LogP contribution in [0.5, 0.6) is 11.5 Å². The molecule has 2 N–H and O–H groups in total. The molecule has 0 fully saturated rings. The summed E-state index contributed by atoms with van der Waals surface area (Å²) >= 11 is 1.40. The number of nitrogens with one attached hydrogen (secondary N) is 2. The van der Waals surface area contributed by atoms with Gasteiger partial charge in [0.1, 0.15) is 16.9 Å². The predicted molar refractivity (Wildman–Crippen MR) is 133 cm³/mol. The number of hydrogen-bond acceptors (Lipinski definition) is 9. The first-order valence-electron chi connectivity index (χ1n) is 10.9. The summed E-state index contributed by atoms with van der Waals surface area (Å²) in [4.78, 5) is 12.2. The third-order valence-electron chi connectivity index (χ3n) is 5.37. The molecule has 0 aliphatic carbocycles. The zero-order valence-corrected chi connectivity index (χ0v) is 20.8. The number of carbonyl (C=O) groups excluding carboxylic acids is 1. The molecule has 4 aromatic rings. The van der Waals surface area contributed by atoms with Crippen molar-refractivity contribution in [3.8, 4) is 11.5 Å². The Bertz CT molecular complexity index is 1320. The van der Waals surface area contributed by atoms with Gasteiger partial charge in [-0.2, -0.15) is 5.10 Å². The van der Waals surface area contributed by atoms with E-state index in [0.717, 1.165) is 33.6 Å². The zero-order chi connectivity index (χ0) is 24.8. The molecule has 0 bridgehead atoms. The molecule has 35 heavy (non-hydrogen) atoms. The van der Waals surface area contributed by atoms with Crippen molar-refractivity contribution in [1.82, 2.24) is 20.3 Å². The third kappa shape index (κ3) is 5.62. The number of alkyl carbamates (subject to hydrolysis) is 1. The molecule has 184 valence electrons. The van der Waals surface area contributed by atoms with E-state index in [-0.39, 0.29) is 0 Å². The number of aryl methyl sites for hydroxylation is 1. The highest BCUT2D eigenvalue weighted by Crippen LogP contribution is 2.37. The monoisotopic (exact) mass is 497 g/mol. The van der Waals surface area contributed by atoms with Crippen LogP contribution >= 0.6 is 11.9 Å². The lowest BCUT2D eigenvalue weighted by atomic mass is 10.1. The number of nitrogens with zero attached hydrogens (tertiary/aromatic N) is 3. The summed E-state index contributed by atoms with van der Waals surface area (Å²) in [6.07, 6.45) is 3.99. The maximum Gasteiger partial charge on any atom is 0.407 e. The van der Waals surface area contributed by atoms with E-state index in [0.29, 0.717) is 30.2 Å². The molecule has 2 aromatic carbocycles. The molecule has 0 saturated heterocycles. The average molecular weight is 498 g/mol. The molecule has 11 heteroatoms. The van der Waals surface area contributed by atoms with Crippen molar-refractivity contribution in [3.63, 3.8) is 0 Å². The fourth-order valence-corrected chi connectivity index (χ4v) is 4.36. The van der Waals surface area contributed by atoms with Crippen molar-refractivity contribution < 1.29 is 23.5 Å². The fraction of sp³-hybridized carbons (Fsp3) is 0.292. The van der Waals surface area contributed by atoms with Gasteiger partial charge in [0.2, 0.25) is 0 Å². The number of rotatable bonds is 10. The Hall–Kier alpha value is -3.86. The summed E-state index contributed by atoms with van der Waals surface area (Å²) in [5, 5.41) is 12.0. The van der Waals surface area contributed by atoms with Gasteiger partial charge in [0.15, 0.2) is 11.4 Å². The molecule has 0 unspecified atom stereocenters. The predicted octanol–water partition coefficient (Wildman–Crippen LogP) is 4.63. The number of anilines is 1. The Morgan fingerprint density at radius 1 is 1.09 bits per heavy atom. The lowest BCUT2D eigenvalue weighted by Crippen LogP contribution is -2.21. The van der Waals surface area contributed by atoms with Gasteiger partial charge < -0.3 is 28.8 Å². The highest BCUT2D eigenvalue weighted by molar-refractivity contribution is 8.00. The van der Waals surface area contributed by atoms with Gasteiger partial charge in [-0.3, -0.25) is 4.68 Å². The zero-order valence-electron chi connectivity index (χ0n) is 20.0. The van der Waals surface area contributed by atoms with Crippen LogP contribution in [0.3, 0.4) is 0 Å². The van der Waals surface area contributed by atoms with Gasteiger partial charge in [0, 0.05) is 18.3 Å². The van der Waals surface area contributed by atoms with Gasteiger partial charge in [-0.1, -0.05) is 18.1 Å². The van der Waals surface area contributed by atoms with E-state index < -0.39 is 6.09 Å². The Kier molecular flexibility index (Phi) is 7.66. The van der Waals surface area contributed by atoms with E-state index >= 15 is 0 Å². The minimum Gasteiger partial charge on any atom is -0.496 e. The van der Waals surface area contributed by atoms with Gasteiger partial charge in [-0.25, -0.2) is 4.79 Å². The number of carbonyl (C=O) groups is 1. The van der Waals surface area contributed by atoms with E-state index in [1.54, 1.807) is 25.1 Å². The lowest BCUT2D eigenvalue weighted by molar-refractivity contribution is 0.170. The molecular weight excluding hydrogens is 470 g/mol. The maximum atomic E-state index is 11.3. The van der Waals surface area contributed by atoms with Crippen LogP contribution in [0.2, 0.25) is 0 Å². The van der Waals surface area contributed by atoms with Crippen molar-refractivity contribution in [3.05, 3.63) is 59.4 Å². The number of amides is 1. The van der Waals surface area contributed by atoms with E-state index in [1.165, 1.54) is 24.6 Å². The lowest BCUT2D eigenvalue weighted by Gasteiger charge is -2.11. The summed E-state index contributed by atoms with van der Waals surface area (Å²) in [6.45, 7) is 2.93. The van der Waals surface area contributed by atoms with Crippen LogP contribution in [0.4, 0.5) is 10.6 Å². The molecule has 0 spiro atoms. The first-order chi connectivity index (χ1) is 17.0. The highest BCUT2D eigenvalue weighted by atomic mass is 32.2. The number of benzene rings is 2. The molecule has 10 nitrogen and oxygen atoms in total. The SMILES string of the molecule is CCc1ccc(OC)c(SNc2noc3cc(Cn4cc(CNC(=O)OC)cn4)cc(OC)c23)c1. The van der Waals surface area contributed by atoms with Crippen molar-refractivity contribution in [1.29, 1.82) is 0 Å². The van der Waals surface area contributed by atoms with E-state index in [2.05, 4.69) is 44.1 Å². The third-order valence-corrected chi connectivity index (χ3v) is 6.20. The van der Waals surface area contributed by atoms with Crippen molar-refractivity contribution in [2.24, 2.45) is 0 Å². The topological polar surface area (TPSA) is 113 Å². The molecule has 0 radical (unpaired) electrons. The normalized spacial score (nSPS) is 10.9. The average Bonchev–Trinajstić information content (AvgIpc) is 3.51. The van der Waals surface area contributed by atoms with Crippen LogP contribution in [0.25, 0.3) is 11.0 Å². The quantitative estimate of drug-likeness (QED) is 0.303. The molecule has 2 heterocycles. The Morgan fingerprint density at radius 2 is 1.91 bits per heavy atom. The fourth-order valence-electron chi connectivity index (χ4n) is 3.55. The Labute approximate surface area is 207 Å². The standard InChI is InChI=1S/C24H27N5O5S/c1-5-15-6-7-18(31-2)21(10-15)35-28-23-22-19(32-3)8-16(9-20(22)34-27-23)13-29-14-17(12-26-29)11-25-24(30)33-4/h6-10,12,14H,5,11,13H2,1-4H3,(H,25,30)(H,27,28). The molecule has 4 rings (SSSR count). The number of aromatic nitrogens is 3. The van der Waals surface area contributed by atoms with E-state index in [9.17, 15) is 4.79 Å². The van der Waals surface area contributed by atoms with E-state index in [4.69, 9.17) is 14.0 Å². The second-order valence-electron chi connectivity index (χ2n) is 7.64. The summed E-state index contributed by atoms with van der Waals surface area (Å²) in [7, 11) is 4.59. The number of hydrogen-bond donors (Lipinski definition) is 2. The molecule has 0 aliphatic heterocycles. The maximum absolute atomic E-state index is 11.3. The van der Waals surface area contributed by atoms with Gasteiger partial charge in [0.25, 0.3) is 0 Å². The molecular formula is C24H27N5O5S. The molecule has 0 saturated carbocycles. The Balaban J connectivity index is 1.51. The minimum absolute atomic E-state index is 0.329. The molecule has 2 aromatic heterocycles. The summed E-state index contributed by atoms with van der Waals surface area (Å²) < 4.78 is 26.4. The summed E-state index contributed by atoms with van der Waals surface area (Å²) in [6, 6.07) is 9.95. The van der Waals surface area contributed by atoms with Gasteiger partial charge in [-0.05, 0) is 53.8 Å². The van der Waals surface area contributed by atoms with Crippen molar-refractivity contribution >= 4 is 34.8 Å². The second kappa shape index (κ2) is 11.0. The number of methoxy groups -OCH3 is 3. The van der Waals surface area contributed by atoms with Crippen molar-refractivity contribution in [2.45, 2.75) is 31.3 Å². The summed E-state index contributed by atoms with van der Waals surface area (Å²) in [5.74, 6) is 1.98. The first-order valence-corrected chi connectivity index (χ1v) is 11.8. The van der Waals surface area contributed by atoms with Gasteiger partial charge in [0.05, 0.1) is 39.0 Å². The van der Waals surface area contributed by atoms with Crippen LogP contribution in [0.1, 0.15) is 23.6 Å². The molecule has 0 aliphatic rings. The molecule has 0 atom stereocenters. The Morgan fingerprint density at radius 3 is 2.66 bits per heavy atom. The van der Waals surface area contributed by atoms with Crippen LogP contribution in [-0.4, -0.2) is 42.4 Å². The van der Waals surface area contributed by atoms with Crippen LogP contribution < -0.4 is 19.5 Å². The number of ether oxygens (including phenoxy) is 3. The smallest absolute Gasteiger partial charge is 0.407 e. The van der Waals surface area contributed by atoms with Crippen LogP contribution in [-0.2, 0) is 24.2 Å². The van der Waals surface area contributed by atoms with Crippen LogP contribution in [0.15, 0.2) is 52.1 Å². The summed E-state index contributed by atoms with van der Waals surface area (Å²) in [5.41, 5.74) is 3.59. The van der Waals surface area contributed by atoms with Gasteiger partial charge in [-0.15, -0.1) is 0 Å². The van der Waals surface area contributed by atoms with Gasteiger partial charge >= 0.3 is 6.09 Å². The van der Waals surface area contributed by atoms with Crippen molar-refractivity contribution in [2.75, 3.05) is 26.1 Å². The highest BCUT2D eigenvalue weighted by Gasteiger charge is 2.17. The largest absolute Gasteiger partial charge is 0.496 e. The number of fused-ring (bicyclic) bond motifs is 1. The molecule has 1 amide bonds.